The van der Waals surface area contributed by atoms with E-state index in [1.165, 1.54) is 7.11 Å². The van der Waals surface area contributed by atoms with Gasteiger partial charge < -0.3 is 24.8 Å². The molecule has 4 atom stereocenters. The maximum Gasteiger partial charge on any atom is 0.191 e. The van der Waals surface area contributed by atoms with E-state index in [0.717, 1.165) is 0 Å². The molecular formula is C14H18O6. The first-order valence-corrected chi connectivity index (χ1v) is 6.37. The lowest BCUT2D eigenvalue weighted by Crippen LogP contribution is -2.51. The van der Waals surface area contributed by atoms with E-state index in [1.807, 2.05) is 0 Å². The molecule has 0 spiro atoms. The second-order valence-electron chi connectivity index (χ2n) is 4.73. The number of carbonyl (C=O) groups is 1. The number of benzene rings is 1. The van der Waals surface area contributed by atoms with Gasteiger partial charge in [0.2, 0.25) is 0 Å². The molecule has 20 heavy (non-hydrogen) atoms. The fourth-order valence-electron chi connectivity index (χ4n) is 2.21. The van der Waals surface area contributed by atoms with Gasteiger partial charge in [0.25, 0.3) is 0 Å². The summed E-state index contributed by atoms with van der Waals surface area (Å²) in [6.45, 7) is -0.454. The Kier molecular flexibility index (Phi) is 4.72. The minimum atomic E-state index is -1.18. The van der Waals surface area contributed by atoms with Crippen LogP contribution in [0.15, 0.2) is 24.3 Å². The molecule has 1 aliphatic heterocycles. The number of ketones is 1. The average molecular weight is 282 g/mol. The van der Waals surface area contributed by atoms with E-state index in [9.17, 15) is 15.0 Å². The highest BCUT2D eigenvalue weighted by Gasteiger charge is 2.39. The molecule has 0 aliphatic carbocycles. The zero-order valence-electron chi connectivity index (χ0n) is 11.1. The number of hydrogen-bond acceptors (Lipinski definition) is 6. The summed E-state index contributed by atoms with van der Waals surface area (Å²) >= 11 is 0. The van der Waals surface area contributed by atoms with Gasteiger partial charge in [-0.1, -0.05) is 0 Å². The SMILES string of the molecule is COc1ccc(C(=O)[C@H]2C[C@@H](O)[C@H](O)C(CO)O2)cc1. The maximum absolute atomic E-state index is 12.3. The minimum Gasteiger partial charge on any atom is -0.497 e. The molecule has 3 N–H and O–H groups in total. The van der Waals surface area contributed by atoms with E-state index in [4.69, 9.17) is 14.6 Å². The van der Waals surface area contributed by atoms with E-state index in [1.54, 1.807) is 24.3 Å². The van der Waals surface area contributed by atoms with Gasteiger partial charge in [-0.15, -0.1) is 0 Å². The van der Waals surface area contributed by atoms with E-state index >= 15 is 0 Å². The third-order valence-corrected chi connectivity index (χ3v) is 3.42. The Balaban J connectivity index is 2.11. The Labute approximate surface area is 116 Å². The molecule has 1 saturated heterocycles. The first-order valence-electron chi connectivity index (χ1n) is 6.37. The normalized spacial score (nSPS) is 30.0. The number of Topliss-reactive ketones (excluding diaryl/α,β-unsaturated/α-hetero) is 1. The molecule has 2 rings (SSSR count). The lowest BCUT2D eigenvalue weighted by molar-refractivity contribution is -0.167. The predicted molar refractivity (Wildman–Crippen MR) is 69.7 cm³/mol. The van der Waals surface area contributed by atoms with Crippen LogP contribution in [-0.4, -0.2) is 59.2 Å². The van der Waals surface area contributed by atoms with Crippen LogP contribution in [0.4, 0.5) is 0 Å². The summed E-state index contributed by atoms with van der Waals surface area (Å²) < 4.78 is 10.4. The van der Waals surface area contributed by atoms with E-state index in [0.29, 0.717) is 11.3 Å². The van der Waals surface area contributed by atoms with Crippen LogP contribution >= 0.6 is 0 Å². The third kappa shape index (κ3) is 2.99. The second-order valence-corrected chi connectivity index (χ2v) is 4.73. The number of ether oxygens (including phenoxy) is 2. The first kappa shape index (κ1) is 14.9. The van der Waals surface area contributed by atoms with Crippen molar-refractivity contribution in [3.05, 3.63) is 29.8 Å². The summed E-state index contributed by atoms with van der Waals surface area (Å²) in [5.41, 5.74) is 0.427. The van der Waals surface area contributed by atoms with Crippen molar-refractivity contribution in [3.8, 4) is 5.75 Å². The van der Waals surface area contributed by atoms with E-state index in [2.05, 4.69) is 0 Å². The van der Waals surface area contributed by atoms with Gasteiger partial charge in [-0.3, -0.25) is 4.79 Å². The van der Waals surface area contributed by atoms with Gasteiger partial charge in [-0.25, -0.2) is 0 Å². The summed E-state index contributed by atoms with van der Waals surface area (Å²) in [5.74, 6) is 0.340. The zero-order valence-corrected chi connectivity index (χ0v) is 11.1. The topological polar surface area (TPSA) is 96.2 Å². The van der Waals surface area contributed by atoms with Crippen LogP contribution in [0.5, 0.6) is 5.75 Å². The molecule has 6 heteroatoms. The molecule has 0 aromatic heterocycles. The summed E-state index contributed by atoms with van der Waals surface area (Å²) in [7, 11) is 1.53. The molecule has 0 amide bonds. The number of aliphatic hydroxyl groups is 3. The highest BCUT2D eigenvalue weighted by Crippen LogP contribution is 2.23. The second kappa shape index (κ2) is 6.32. The van der Waals surface area contributed by atoms with Gasteiger partial charge in [-0.05, 0) is 24.3 Å². The Morgan fingerprint density at radius 1 is 1.35 bits per heavy atom. The standard InChI is InChI=1S/C14H18O6/c1-19-9-4-2-8(3-5-9)13(17)11-6-10(16)14(18)12(7-15)20-11/h2-5,10-12,14-16,18H,6-7H2,1H3/t10-,11-,12?,14+/m1/s1. The van der Waals surface area contributed by atoms with Crippen LogP contribution in [0.2, 0.25) is 0 Å². The van der Waals surface area contributed by atoms with Crippen molar-refractivity contribution in [2.75, 3.05) is 13.7 Å². The van der Waals surface area contributed by atoms with Gasteiger partial charge in [0, 0.05) is 12.0 Å². The van der Waals surface area contributed by atoms with E-state index < -0.39 is 31.0 Å². The number of hydrogen-bond donors (Lipinski definition) is 3. The monoisotopic (exact) mass is 282 g/mol. The van der Waals surface area contributed by atoms with Crippen LogP contribution in [0.3, 0.4) is 0 Å². The Morgan fingerprint density at radius 2 is 2.00 bits per heavy atom. The summed E-state index contributed by atoms with van der Waals surface area (Å²) in [6, 6.07) is 6.53. The van der Waals surface area contributed by atoms with Gasteiger partial charge in [0.1, 0.15) is 24.1 Å². The molecule has 1 unspecified atom stereocenters. The molecule has 6 nitrogen and oxygen atoms in total. The Hall–Kier alpha value is -1.47. The van der Waals surface area contributed by atoms with Crippen LogP contribution in [0.25, 0.3) is 0 Å². The van der Waals surface area contributed by atoms with Crippen molar-refractivity contribution >= 4 is 5.78 Å². The zero-order chi connectivity index (χ0) is 14.7. The maximum atomic E-state index is 12.3. The van der Waals surface area contributed by atoms with Gasteiger partial charge in [0.05, 0.1) is 19.8 Å². The van der Waals surface area contributed by atoms with Crippen LogP contribution in [0.1, 0.15) is 16.8 Å². The molecule has 1 heterocycles. The molecule has 0 saturated carbocycles. The Morgan fingerprint density at radius 3 is 2.55 bits per heavy atom. The van der Waals surface area contributed by atoms with Gasteiger partial charge in [0.15, 0.2) is 5.78 Å². The van der Waals surface area contributed by atoms with Gasteiger partial charge >= 0.3 is 0 Å². The minimum absolute atomic E-state index is 0.00251. The van der Waals surface area contributed by atoms with Crippen LogP contribution in [-0.2, 0) is 4.74 Å². The van der Waals surface area contributed by atoms with Gasteiger partial charge in [-0.2, -0.15) is 0 Å². The Bertz CT molecular complexity index is 457. The average Bonchev–Trinajstić information content (AvgIpc) is 2.49. The molecule has 0 radical (unpaired) electrons. The fourth-order valence-corrected chi connectivity index (χ4v) is 2.21. The van der Waals surface area contributed by atoms with Crippen LogP contribution < -0.4 is 4.74 Å². The summed E-state index contributed by atoms with van der Waals surface area (Å²) in [5, 5.41) is 28.4. The highest BCUT2D eigenvalue weighted by molar-refractivity contribution is 5.99. The lowest BCUT2D eigenvalue weighted by Gasteiger charge is -2.35. The fraction of sp³-hybridized carbons (Fsp3) is 0.500. The van der Waals surface area contributed by atoms with Crippen molar-refractivity contribution in [2.24, 2.45) is 0 Å². The van der Waals surface area contributed by atoms with Crippen molar-refractivity contribution in [2.45, 2.75) is 30.8 Å². The van der Waals surface area contributed by atoms with Crippen LogP contribution in [0, 0.1) is 0 Å². The molecule has 110 valence electrons. The van der Waals surface area contributed by atoms with Crippen molar-refractivity contribution < 1.29 is 29.6 Å². The smallest absolute Gasteiger partial charge is 0.191 e. The molecule has 1 aromatic carbocycles. The number of aliphatic hydroxyl groups excluding tert-OH is 3. The number of methoxy groups -OCH3 is 1. The summed E-state index contributed by atoms with van der Waals surface area (Å²) in [4.78, 5) is 12.3. The predicted octanol–water partition coefficient (Wildman–Crippen LogP) is -0.251. The highest BCUT2D eigenvalue weighted by atomic mass is 16.5. The molecular weight excluding hydrogens is 264 g/mol. The third-order valence-electron chi connectivity index (χ3n) is 3.42. The summed E-state index contributed by atoms with van der Waals surface area (Å²) in [6.07, 6.45) is -4.10. The molecule has 1 aromatic rings. The van der Waals surface area contributed by atoms with E-state index in [-0.39, 0.29) is 12.2 Å². The number of carbonyl (C=O) groups excluding carboxylic acids is 1. The molecule has 0 bridgehead atoms. The van der Waals surface area contributed by atoms with Crippen molar-refractivity contribution in [1.82, 2.24) is 0 Å². The van der Waals surface area contributed by atoms with Crippen molar-refractivity contribution in [3.63, 3.8) is 0 Å². The first-order chi connectivity index (χ1) is 9.56. The number of rotatable bonds is 4. The lowest BCUT2D eigenvalue weighted by atomic mass is 9.93. The quantitative estimate of drug-likeness (QED) is 0.659. The van der Waals surface area contributed by atoms with Crippen molar-refractivity contribution in [1.29, 1.82) is 0 Å². The molecule has 1 aliphatic rings. The largest absolute Gasteiger partial charge is 0.497 e. The molecule has 1 fully saturated rings.